The maximum atomic E-state index is 2.65. The van der Waals surface area contributed by atoms with Crippen LogP contribution in [0.25, 0.3) is 162 Å². The highest BCUT2D eigenvalue weighted by Gasteiger charge is 2.31. The molecule has 0 heteroatoms. The average molecular weight is 1110 g/mol. The van der Waals surface area contributed by atoms with Gasteiger partial charge in [0.1, 0.15) is 0 Å². The fraction of sp³-hybridized carbons (Fsp3) is 0.279. The minimum absolute atomic E-state index is 0.0129. The third-order valence-corrected chi connectivity index (χ3v) is 20.6. The minimum atomic E-state index is -0.0541. The van der Waals surface area contributed by atoms with Crippen molar-refractivity contribution >= 4 is 140 Å². The van der Waals surface area contributed by atoms with Crippen LogP contribution >= 0.6 is 0 Å². The molecule has 0 aromatic heterocycles. The van der Waals surface area contributed by atoms with Crippen LogP contribution in [0.5, 0.6) is 0 Å². The van der Waals surface area contributed by atoms with Crippen molar-refractivity contribution in [1.29, 1.82) is 0 Å². The molecule has 0 N–H and O–H groups in total. The van der Waals surface area contributed by atoms with Gasteiger partial charge in [-0.3, -0.25) is 0 Å². The van der Waals surface area contributed by atoms with Gasteiger partial charge in [-0.2, -0.15) is 0 Å². The molecular formula is C86H80. The predicted octanol–water partition coefficient (Wildman–Crippen LogP) is 25.5. The second-order valence-electron chi connectivity index (χ2n) is 32.5. The molecule has 0 unspecified atom stereocenters. The lowest BCUT2D eigenvalue weighted by Crippen LogP contribution is -2.12. The molecule has 0 amide bonds. The third-order valence-electron chi connectivity index (χ3n) is 20.6. The molecule has 0 heterocycles. The van der Waals surface area contributed by atoms with Gasteiger partial charge < -0.3 is 0 Å². The van der Waals surface area contributed by atoms with E-state index in [1.54, 1.807) is 0 Å². The van der Waals surface area contributed by atoms with E-state index >= 15 is 0 Å². The third kappa shape index (κ3) is 7.41. The molecule has 0 aliphatic carbocycles. The highest BCUT2D eigenvalue weighted by Crippen LogP contribution is 2.57. The van der Waals surface area contributed by atoms with Crippen LogP contribution in [0.3, 0.4) is 0 Å². The maximum Gasteiger partial charge on any atom is -0.000740 e. The molecule has 0 radical (unpaired) electrons. The first-order valence-corrected chi connectivity index (χ1v) is 31.8. The summed E-state index contributed by atoms with van der Waals surface area (Å²) in [6.07, 6.45) is 0. The van der Waals surface area contributed by atoms with Crippen molar-refractivity contribution in [2.24, 2.45) is 0 Å². The fourth-order valence-corrected chi connectivity index (χ4v) is 15.8. The lowest BCUT2D eigenvalue weighted by Gasteiger charge is -2.25. The molecule has 0 saturated carbocycles. The van der Waals surface area contributed by atoms with Crippen molar-refractivity contribution < 1.29 is 0 Å². The molecule has 424 valence electrons. The number of hydrogen-bond acceptors (Lipinski definition) is 0. The van der Waals surface area contributed by atoms with E-state index in [1.807, 2.05) is 0 Å². The van der Waals surface area contributed by atoms with E-state index in [0.29, 0.717) is 0 Å². The van der Waals surface area contributed by atoms with Gasteiger partial charge in [-0.05, 0) is 265 Å². The molecule has 16 rings (SSSR count). The van der Waals surface area contributed by atoms with Gasteiger partial charge in [0.15, 0.2) is 0 Å². The Morgan fingerprint density at radius 2 is 0.430 bits per heavy atom. The van der Waals surface area contributed by atoms with E-state index in [2.05, 4.69) is 282 Å². The number of rotatable bonds is 2. The van der Waals surface area contributed by atoms with Crippen molar-refractivity contribution in [1.82, 2.24) is 0 Å². The molecule has 0 spiro atoms. The first-order valence-electron chi connectivity index (χ1n) is 31.8. The van der Waals surface area contributed by atoms with Gasteiger partial charge in [0.2, 0.25) is 0 Å². The van der Waals surface area contributed by atoms with Gasteiger partial charge in [-0.15, -0.1) is 0 Å². The Morgan fingerprint density at radius 3 is 0.709 bits per heavy atom. The molecule has 0 bridgehead atoms. The molecular weight excluding hydrogens is 1030 g/mol. The quantitative estimate of drug-likeness (QED) is 0.120. The monoisotopic (exact) mass is 1110 g/mol. The zero-order valence-corrected chi connectivity index (χ0v) is 54.0. The summed E-state index contributed by atoms with van der Waals surface area (Å²) in [6, 6.07) is 64.6. The van der Waals surface area contributed by atoms with Crippen LogP contribution < -0.4 is 0 Å². The second-order valence-corrected chi connectivity index (χ2v) is 32.5. The summed E-state index contributed by atoms with van der Waals surface area (Å²) in [4.78, 5) is 0. The molecule has 16 aromatic rings. The van der Waals surface area contributed by atoms with Gasteiger partial charge in [0, 0.05) is 0 Å². The minimum Gasteiger partial charge on any atom is -0.0614 e. The Bertz CT molecular complexity index is 5260. The van der Waals surface area contributed by atoms with E-state index in [4.69, 9.17) is 0 Å². The van der Waals surface area contributed by atoms with Crippen LogP contribution in [0.4, 0.5) is 0 Å². The summed E-state index contributed by atoms with van der Waals surface area (Å²) in [7, 11) is 0. The lowest BCUT2D eigenvalue weighted by atomic mass is 9.79. The smallest absolute Gasteiger partial charge is 0.000740 e. The standard InChI is InChI=1S/C86H80/c1-81(2,3)49-23-19-21-45(33-49)73-69-43-63-55-25-27-57-65-39-51(83(7,8)9)35-47-36-52(84(10,11)12)40-66(71(47)65)58-28-26-56(75(55)76(57)58)64(63)44-70(69)74(46-22-20-24-50(34-46)82(4,5)6)80-62-32-30-60-68-42-54(86(16,17)18)38-48-37-53(85(13,14)15)41-67(72(48)68)59-29-31-61(79(73)80)78(62)77(59)60/h19-44H,1-18H3. The first-order chi connectivity index (χ1) is 40.4. The highest BCUT2D eigenvalue weighted by atomic mass is 14.3. The summed E-state index contributed by atoms with van der Waals surface area (Å²) >= 11 is 0. The molecule has 0 atom stereocenters. The molecule has 0 saturated heterocycles. The van der Waals surface area contributed by atoms with Crippen molar-refractivity contribution in [3.8, 4) is 22.3 Å². The Hall–Kier alpha value is -8.06. The van der Waals surface area contributed by atoms with Gasteiger partial charge in [-0.1, -0.05) is 246 Å². The molecule has 16 aromatic carbocycles. The molecule has 0 fully saturated rings. The number of benzene rings is 14. The summed E-state index contributed by atoms with van der Waals surface area (Å²) in [5.74, 6) is 0. The Balaban J connectivity index is 1.13. The van der Waals surface area contributed by atoms with Crippen molar-refractivity contribution in [3.05, 3.63) is 191 Å². The van der Waals surface area contributed by atoms with E-state index in [9.17, 15) is 0 Å². The van der Waals surface area contributed by atoms with Crippen LogP contribution in [0.15, 0.2) is 158 Å². The fourth-order valence-electron chi connectivity index (χ4n) is 15.8. The summed E-state index contributed by atoms with van der Waals surface area (Å²) in [5.41, 5.74) is 13.2. The maximum absolute atomic E-state index is 2.65. The zero-order valence-electron chi connectivity index (χ0n) is 54.0. The van der Waals surface area contributed by atoms with Crippen molar-refractivity contribution in [3.63, 3.8) is 0 Å². The van der Waals surface area contributed by atoms with Crippen molar-refractivity contribution in [2.45, 2.75) is 157 Å². The van der Waals surface area contributed by atoms with Crippen LogP contribution in [0, 0.1) is 0 Å². The summed E-state index contributed by atoms with van der Waals surface area (Å²) in [6.45, 7) is 42.6. The average Bonchev–Trinajstić information content (AvgIpc) is 1.45. The van der Waals surface area contributed by atoms with Crippen LogP contribution in [0.2, 0.25) is 0 Å². The number of hydrogen-bond donors (Lipinski definition) is 0. The molecule has 0 aliphatic heterocycles. The predicted molar refractivity (Wildman–Crippen MR) is 382 cm³/mol. The normalized spacial score (nSPS) is 13.9. The highest BCUT2D eigenvalue weighted by molar-refractivity contribution is 6.48. The molecule has 0 nitrogen and oxygen atoms in total. The van der Waals surface area contributed by atoms with Gasteiger partial charge in [0.25, 0.3) is 0 Å². The van der Waals surface area contributed by atoms with E-state index in [-0.39, 0.29) is 32.5 Å². The Morgan fingerprint density at radius 1 is 0.174 bits per heavy atom. The van der Waals surface area contributed by atoms with E-state index in [1.165, 1.54) is 196 Å². The van der Waals surface area contributed by atoms with Crippen molar-refractivity contribution in [2.75, 3.05) is 0 Å². The van der Waals surface area contributed by atoms with Crippen LogP contribution in [0.1, 0.15) is 158 Å². The van der Waals surface area contributed by atoms with Gasteiger partial charge >= 0.3 is 0 Å². The largest absolute Gasteiger partial charge is 0.0614 e. The molecule has 0 aliphatic rings. The van der Waals surface area contributed by atoms with Gasteiger partial charge in [0.05, 0.1) is 0 Å². The Kier molecular flexibility index (Phi) is 10.5. The topological polar surface area (TPSA) is 0 Å². The lowest BCUT2D eigenvalue weighted by molar-refractivity contribution is 0.589. The number of fused-ring (bicyclic) bond motifs is 11. The molecule has 86 heavy (non-hydrogen) atoms. The van der Waals surface area contributed by atoms with Crippen LogP contribution in [-0.4, -0.2) is 0 Å². The second kappa shape index (κ2) is 16.9. The van der Waals surface area contributed by atoms with Crippen LogP contribution in [-0.2, 0) is 32.5 Å². The van der Waals surface area contributed by atoms with Gasteiger partial charge in [-0.25, -0.2) is 0 Å². The van der Waals surface area contributed by atoms with E-state index < -0.39 is 0 Å². The Labute approximate surface area is 507 Å². The zero-order chi connectivity index (χ0) is 60.2. The SMILES string of the molecule is CC(C)(C)c1cccc(-c2c3cc4c(cc3c(-c3cccc(C(C)(C)C)c3)c3c5ccc6c7cc(C(C)(C)C)cc8cc(C(C)(C)C)cc(c9ccc(c23)c5c96)c87)c2ccc3c5cc(C(C)(C)C)cc6cc(C(C)(C)C)cc(c7ccc4c2c73)c65)c1. The van der Waals surface area contributed by atoms with E-state index in [0.717, 1.165) is 0 Å². The first kappa shape index (κ1) is 53.4. The summed E-state index contributed by atoms with van der Waals surface area (Å²) < 4.78 is 0. The summed E-state index contributed by atoms with van der Waals surface area (Å²) in [5, 5.41) is 35.1.